The van der Waals surface area contributed by atoms with E-state index in [1.165, 1.54) is 0 Å². The molecule has 94 valence electrons. The molecular formula is C15H12N2O2. The van der Waals surface area contributed by atoms with Crippen LogP contribution in [0.5, 0.6) is 11.5 Å². The van der Waals surface area contributed by atoms with Crippen LogP contribution < -0.4 is 9.47 Å². The van der Waals surface area contributed by atoms with Crippen LogP contribution in [0.15, 0.2) is 35.4 Å². The van der Waals surface area contributed by atoms with Crippen LogP contribution >= 0.6 is 0 Å². The number of nitrogens with zero attached hydrogens (tertiary/aromatic N) is 2. The molecule has 0 spiro atoms. The highest BCUT2D eigenvalue weighted by Crippen LogP contribution is 2.37. The summed E-state index contributed by atoms with van der Waals surface area (Å²) < 4.78 is 11.0. The Morgan fingerprint density at radius 3 is 2.74 bits per heavy atom. The predicted molar refractivity (Wildman–Crippen MR) is 70.4 cm³/mol. The lowest BCUT2D eigenvalue weighted by atomic mass is 10.0. The Bertz CT molecular complexity index is 629. The summed E-state index contributed by atoms with van der Waals surface area (Å²) in [5, 5.41) is 17.6. The van der Waals surface area contributed by atoms with Crippen LogP contribution in [-0.2, 0) is 0 Å². The molecule has 1 aliphatic rings. The number of fused-ring (bicyclic) bond motifs is 1. The van der Waals surface area contributed by atoms with E-state index in [2.05, 4.69) is 0 Å². The van der Waals surface area contributed by atoms with E-state index >= 15 is 0 Å². The van der Waals surface area contributed by atoms with Crippen molar-refractivity contribution in [2.75, 3.05) is 7.11 Å². The van der Waals surface area contributed by atoms with Crippen LogP contribution in [0.2, 0.25) is 0 Å². The van der Waals surface area contributed by atoms with Crippen LogP contribution in [0, 0.1) is 22.7 Å². The van der Waals surface area contributed by atoms with E-state index in [-0.39, 0.29) is 11.7 Å². The number of methoxy groups -OCH3 is 1. The first-order valence-corrected chi connectivity index (χ1v) is 5.76. The van der Waals surface area contributed by atoms with Crippen LogP contribution in [0.4, 0.5) is 0 Å². The molecule has 1 aromatic rings. The first-order valence-electron chi connectivity index (χ1n) is 5.76. The number of nitriles is 2. The molecule has 0 fully saturated rings. The van der Waals surface area contributed by atoms with E-state index in [4.69, 9.17) is 20.0 Å². The highest BCUT2D eigenvalue weighted by Gasteiger charge is 2.20. The number of hydrogen-bond donors (Lipinski definition) is 0. The molecule has 1 heterocycles. The number of allylic oxidation sites excluding steroid dienone is 1. The molecule has 0 radical (unpaired) electrons. The smallest absolute Gasteiger partial charge is 0.169 e. The fourth-order valence-electron chi connectivity index (χ4n) is 1.89. The highest BCUT2D eigenvalue weighted by molar-refractivity contribution is 5.69. The molecule has 0 aromatic heterocycles. The molecule has 2 rings (SSSR count). The number of benzene rings is 1. The van der Waals surface area contributed by atoms with Gasteiger partial charge in [0.15, 0.2) is 11.5 Å². The maximum Gasteiger partial charge on any atom is 0.169 e. The van der Waals surface area contributed by atoms with E-state index < -0.39 is 0 Å². The summed E-state index contributed by atoms with van der Waals surface area (Å²) in [7, 11) is 1.59. The van der Waals surface area contributed by atoms with Crippen molar-refractivity contribution in [3.05, 3.63) is 41.0 Å². The topological polar surface area (TPSA) is 66.0 Å². The molecular weight excluding hydrogens is 240 g/mol. The monoisotopic (exact) mass is 252 g/mol. The van der Waals surface area contributed by atoms with Crippen molar-refractivity contribution in [1.82, 2.24) is 0 Å². The van der Waals surface area contributed by atoms with E-state index in [1.807, 2.05) is 43.3 Å². The molecule has 0 saturated carbocycles. The summed E-state index contributed by atoms with van der Waals surface area (Å²) in [4.78, 5) is 0. The van der Waals surface area contributed by atoms with Gasteiger partial charge in [0.25, 0.3) is 0 Å². The van der Waals surface area contributed by atoms with Crippen LogP contribution in [0.25, 0.3) is 6.08 Å². The average molecular weight is 252 g/mol. The Hall–Kier alpha value is -2.72. The zero-order valence-electron chi connectivity index (χ0n) is 10.7. The Morgan fingerprint density at radius 2 is 2.11 bits per heavy atom. The normalized spacial score (nSPS) is 16.0. The van der Waals surface area contributed by atoms with Gasteiger partial charge < -0.3 is 9.47 Å². The fraction of sp³-hybridized carbons (Fsp3) is 0.200. The molecule has 0 N–H and O–H groups in total. The maximum absolute atomic E-state index is 8.79. The summed E-state index contributed by atoms with van der Waals surface area (Å²) in [6, 6.07) is 9.28. The predicted octanol–water partition coefficient (Wildman–Crippen LogP) is 2.83. The fourth-order valence-corrected chi connectivity index (χ4v) is 1.89. The molecule has 4 nitrogen and oxygen atoms in total. The van der Waals surface area contributed by atoms with Crippen molar-refractivity contribution in [3.8, 4) is 23.6 Å². The standard InChI is InChI=1S/C15H12N2O2/c1-10-13(6-11(8-16)9-17)7-12-4-3-5-14(18-2)15(12)19-10/h3-7,10H,1-2H3. The van der Waals surface area contributed by atoms with Crippen molar-refractivity contribution in [2.24, 2.45) is 0 Å². The third kappa shape index (κ3) is 2.43. The van der Waals surface area contributed by atoms with Gasteiger partial charge in [-0.25, -0.2) is 0 Å². The van der Waals surface area contributed by atoms with Crippen molar-refractivity contribution < 1.29 is 9.47 Å². The van der Waals surface area contributed by atoms with Gasteiger partial charge in [-0.3, -0.25) is 0 Å². The molecule has 0 saturated heterocycles. The third-order valence-corrected chi connectivity index (χ3v) is 2.87. The summed E-state index contributed by atoms with van der Waals surface area (Å²) in [6.45, 7) is 1.87. The number of para-hydroxylation sites is 1. The van der Waals surface area contributed by atoms with Gasteiger partial charge in [0, 0.05) is 5.56 Å². The zero-order valence-corrected chi connectivity index (χ0v) is 10.7. The first kappa shape index (κ1) is 12.7. The molecule has 1 atom stereocenters. The quantitative estimate of drug-likeness (QED) is 0.759. The lowest BCUT2D eigenvalue weighted by Crippen LogP contribution is -2.18. The van der Waals surface area contributed by atoms with E-state index in [0.717, 1.165) is 11.1 Å². The molecule has 1 unspecified atom stereocenters. The average Bonchev–Trinajstić information content (AvgIpc) is 2.44. The van der Waals surface area contributed by atoms with Gasteiger partial charge in [-0.2, -0.15) is 10.5 Å². The Balaban J connectivity index is 2.49. The van der Waals surface area contributed by atoms with Gasteiger partial charge in [-0.05, 0) is 30.7 Å². The van der Waals surface area contributed by atoms with Crippen molar-refractivity contribution in [3.63, 3.8) is 0 Å². The Labute approximate surface area is 111 Å². The summed E-state index contributed by atoms with van der Waals surface area (Å²) in [5.74, 6) is 1.36. The molecule has 4 heteroatoms. The van der Waals surface area contributed by atoms with Crippen LogP contribution in [-0.4, -0.2) is 13.2 Å². The molecule has 0 aliphatic carbocycles. The van der Waals surface area contributed by atoms with Gasteiger partial charge in [0.05, 0.1) is 7.11 Å². The largest absolute Gasteiger partial charge is 0.493 e. The number of hydrogen-bond acceptors (Lipinski definition) is 4. The first-order chi connectivity index (χ1) is 9.19. The second-order valence-corrected chi connectivity index (χ2v) is 4.06. The van der Waals surface area contributed by atoms with Gasteiger partial charge >= 0.3 is 0 Å². The maximum atomic E-state index is 8.79. The second-order valence-electron chi connectivity index (χ2n) is 4.06. The SMILES string of the molecule is COc1cccc2c1OC(C)C(C=C(C#N)C#N)=C2. The minimum atomic E-state index is -0.236. The summed E-state index contributed by atoms with van der Waals surface area (Å²) >= 11 is 0. The van der Waals surface area contributed by atoms with Gasteiger partial charge in [-0.15, -0.1) is 0 Å². The van der Waals surface area contributed by atoms with E-state index in [9.17, 15) is 0 Å². The zero-order chi connectivity index (χ0) is 13.8. The van der Waals surface area contributed by atoms with Crippen LogP contribution in [0.3, 0.4) is 0 Å². The molecule has 0 bridgehead atoms. The minimum absolute atomic E-state index is 0.0630. The summed E-state index contributed by atoms with van der Waals surface area (Å²) in [5.41, 5.74) is 1.73. The second kappa shape index (κ2) is 5.29. The summed E-state index contributed by atoms with van der Waals surface area (Å²) in [6.07, 6.45) is 3.22. The minimum Gasteiger partial charge on any atom is -0.493 e. The van der Waals surface area contributed by atoms with Crippen LogP contribution in [0.1, 0.15) is 12.5 Å². The third-order valence-electron chi connectivity index (χ3n) is 2.87. The molecule has 1 aromatic carbocycles. The van der Waals surface area contributed by atoms with Crippen molar-refractivity contribution in [1.29, 1.82) is 10.5 Å². The van der Waals surface area contributed by atoms with Crippen molar-refractivity contribution >= 4 is 6.08 Å². The molecule has 1 aliphatic heterocycles. The van der Waals surface area contributed by atoms with Gasteiger partial charge in [-0.1, -0.05) is 12.1 Å². The number of rotatable bonds is 2. The van der Waals surface area contributed by atoms with Crippen molar-refractivity contribution in [2.45, 2.75) is 13.0 Å². The highest BCUT2D eigenvalue weighted by atomic mass is 16.5. The molecule has 19 heavy (non-hydrogen) atoms. The number of ether oxygens (including phenoxy) is 2. The Morgan fingerprint density at radius 1 is 1.37 bits per heavy atom. The lowest BCUT2D eigenvalue weighted by Gasteiger charge is -2.24. The van der Waals surface area contributed by atoms with Gasteiger partial charge in [0.1, 0.15) is 23.8 Å². The molecule has 0 amide bonds. The van der Waals surface area contributed by atoms with E-state index in [0.29, 0.717) is 11.5 Å². The van der Waals surface area contributed by atoms with E-state index in [1.54, 1.807) is 13.2 Å². The lowest BCUT2D eigenvalue weighted by molar-refractivity contribution is 0.243. The van der Waals surface area contributed by atoms with Gasteiger partial charge in [0.2, 0.25) is 0 Å². The Kier molecular flexibility index (Phi) is 3.54.